The highest BCUT2D eigenvalue weighted by molar-refractivity contribution is 14.1. The van der Waals surface area contributed by atoms with E-state index in [4.69, 9.17) is 9.47 Å². The summed E-state index contributed by atoms with van der Waals surface area (Å²) in [6.45, 7) is 4.36. The number of carbonyl (C=O) groups is 2. The van der Waals surface area contributed by atoms with Gasteiger partial charge in [-0.25, -0.2) is 27.5 Å². The van der Waals surface area contributed by atoms with Crippen LogP contribution in [-0.2, 0) is 27.9 Å². The molecule has 0 aromatic heterocycles. The molecule has 3 N–H and O–H groups in total. The highest BCUT2D eigenvalue weighted by Gasteiger charge is 2.26. The number of carbonyl (C=O) groups excluding carboxylic acids is 1. The van der Waals surface area contributed by atoms with Gasteiger partial charge in [0.2, 0.25) is 0 Å². The maximum atomic E-state index is 14.8. The highest BCUT2D eigenvalue weighted by atomic mass is 127. The fourth-order valence-electron chi connectivity index (χ4n) is 3.46. The topological polar surface area (TPSA) is 131 Å². The summed E-state index contributed by atoms with van der Waals surface area (Å²) in [4.78, 5) is 23.9. The molecule has 0 aliphatic heterocycles. The third-order valence-corrected chi connectivity index (χ3v) is 6.72. The van der Waals surface area contributed by atoms with Crippen molar-refractivity contribution in [3.8, 4) is 11.5 Å². The summed E-state index contributed by atoms with van der Waals surface area (Å²) in [7, 11) is -4.31. The van der Waals surface area contributed by atoms with Crippen LogP contribution in [0.25, 0.3) is 0 Å². The van der Waals surface area contributed by atoms with E-state index < -0.39 is 68.6 Å². The van der Waals surface area contributed by atoms with Crippen LogP contribution in [0.2, 0.25) is 0 Å². The summed E-state index contributed by atoms with van der Waals surface area (Å²) < 4.78 is 82.9. The monoisotopic (exact) mass is 692 g/mol. The van der Waals surface area contributed by atoms with Gasteiger partial charge in [0.25, 0.3) is 0 Å². The SMILES string of the molecule is CC(C)(C)OC(=O)NS(=O)(=O)NCc1cccc(Oc2cc(F)c(F)c(Cc3ccc(I)cc3F)c2C(=O)O)c1. The van der Waals surface area contributed by atoms with Crippen LogP contribution in [0.5, 0.6) is 11.5 Å². The highest BCUT2D eigenvalue weighted by Crippen LogP contribution is 2.33. The van der Waals surface area contributed by atoms with E-state index in [2.05, 4.69) is 4.72 Å². The Balaban J connectivity index is 1.85. The summed E-state index contributed by atoms with van der Waals surface area (Å²) in [6.07, 6.45) is -1.74. The predicted octanol–water partition coefficient (Wildman–Crippen LogP) is 5.65. The molecular formula is C26H24F3IN2O7S. The molecule has 1 amide bonds. The number of benzene rings is 3. The van der Waals surface area contributed by atoms with Gasteiger partial charge in [0.15, 0.2) is 11.6 Å². The lowest BCUT2D eigenvalue weighted by Gasteiger charge is -2.19. The third-order valence-electron chi connectivity index (χ3n) is 5.09. The van der Waals surface area contributed by atoms with Crippen LogP contribution in [0.15, 0.2) is 48.5 Å². The van der Waals surface area contributed by atoms with Gasteiger partial charge in [-0.05, 0) is 78.8 Å². The Bertz CT molecular complexity index is 1560. The molecule has 0 atom stereocenters. The van der Waals surface area contributed by atoms with Crippen molar-refractivity contribution in [3.05, 3.63) is 91.8 Å². The molecule has 0 saturated carbocycles. The van der Waals surface area contributed by atoms with Gasteiger partial charge >= 0.3 is 22.3 Å². The fraction of sp³-hybridized carbons (Fsp3) is 0.231. The van der Waals surface area contributed by atoms with Crippen molar-refractivity contribution >= 4 is 44.9 Å². The van der Waals surface area contributed by atoms with Gasteiger partial charge in [-0.2, -0.15) is 13.1 Å². The molecule has 214 valence electrons. The molecule has 3 rings (SSSR count). The fourth-order valence-corrected chi connectivity index (χ4v) is 4.60. The molecule has 0 bridgehead atoms. The summed E-state index contributed by atoms with van der Waals surface area (Å²) in [5.74, 6) is -5.78. The molecule has 0 aliphatic carbocycles. The molecule has 3 aromatic rings. The molecule has 0 radical (unpaired) electrons. The van der Waals surface area contributed by atoms with Crippen LogP contribution in [-0.4, -0.2) is 31.2 Å². The van der Waals surface area contributed by atoms with Crippen molar-refractivity contribution in [1.82, 2.24) is 9.44 Å². The molecule has 0 fully saturated rings. The molecule has 0 saturated heterocycles. The average Bonchev–Trinajstić information content (AvgIpc) is 2.81. The molecule has 14 heteroatoms. The Morgan fingerprint density at radius 1 is 1.02 bits per heavy atom. The lowest BCUT2D eigenvalue weighted by Crippen LogP contribution is -2.42. The number of halogens is 4. The first-order valence-electron chi connectivity index (χ1n) is 11.5. The normalized spacial score (nSPS) is 11.7. The number of hydrogen-bond donors (Lipinski definition) is 3. The van der Waals surface area contributed by atoms with Crippen LogP contribution in [0.1, 0.15) is 47.8 Å². The van der Waals surface area contributed by atoms with E-state index in [1.807, 2.05) is 22.6 Å². The molecule has 0 spiro atoms. The minimum atomic E-state index is -4.31. The lowest BCUT2D eigenvalue weighted by atomic mass is 9.97. The quantitative estimate of drug-likeness (QED) is 0.247. The zero-order chi connectivity index (χ0) is 29.8. The van der Waals surface area contributed by atoms with Crippen LogP contribution >= 0.6 is 22.6 Å². The molecule has 0 unspecified atom stereocenters. The number of ether oxygens (including phenoxy) is 2. The summed E-state index contributed by atoms with van der Waals surface area (Å²) >= 11 is 1.87. The first-order chi connectivity index (χ1) is 18.5. The molecule has 0 aliphatic rings. The Kier molecular flexibility index (Phi) is 9.68. The van der Waals surface area contributed by atoms with Crippen molar-refractivity contribution in [2.24, 2.45) is 0 Å². The van der Waals surface area contributed by atoms with Crippen LogP contribution < -0.4 is 14.2 Å². The number of carboxylic acid groups (broad SMARTS) is 1. The number of carboxylic acids is 1. The summed E-state index contributed by atoms with van der Waals surface area (Å²) in [5.41, 5.74) is -1.97. The second kappa shape index (κ2) is 12.4. The standard InChI is InChI=1S/C26H24F3IN2O7S/c1-26(2,3)39-25(35)32-40(36,37)31-13-14-5-4-6-17(9-14)38-21-12-20(28)23(29)18(22(21)24(33)34)10-15-7-8-16(30)11-19(15)27/h4-9,11-12,31H,10,13H2,1-3H3,(H,32,35)(H,33,34). The van der Waals surface area contributed by atoms with E-state index in [1.165, 1.54) is 42.5 Å². The number of aromatic carboxylic acids is 1. The summed E-state index contributed by atoms with van der Waals surface area (Å²) in [6, 6.07) is 10.3. The van der Waals surface area contributed by atoms with Crippen molar-refractivity contribution in [1.29, 1.82) is 0 Å². The Morgan fingerprint density at radius 2 is 1.73 bits per heavy atom. The molecule has 3 aromatic carbocycles. The largest absolute Gasteiger partial charge is 0.478 e. The Labute approximate surface area is 242 Å². The minimum absolute atomic E-state index is 0.0308. The predicted molar refractivity (Wildman–Crippen MR) is 147 cm³/mol. The van der Waals surface area contributed by atoms with Gasteiger partial charge in [-0.15, -0.1) is 0 Å². The maximum absolute atomic E-state index is 14.8. The van der Waals surface area contributed by atoms with Crippen molar-refractivity contribution in [2.75, 3.05) is 0 Å². The van der Waals surface area contributed by atoms with E-state index in [9.17, 15) is 36.3 Å². The van der Waals surface area contributed by atoms with Crippen LogP contribution in [0, 0.1) is 21.0 Å². The number of nitrogens with one attached hydrogen (secondary N) is 2. The first-order valence-corrected chi connectivity index (χ1v) is 14.1. The van der Waals surface area contributed by atoms with Crippen molar-refractivity contribution in [2.45, 2.75) is 39.3 Å². The minimum Gasteiger partial charge on any atom is -0.478 e. The lowest BCUT2D eigenvalue weighted by molar-refractivity contribution is 0.0568. The second-order valence-electron chi connectivity index (χ2n) is 9.42. The van der Waals surface area contributed by atoms with Crippen molar-refractivity contribution < 1.29 is 45.8 Å². The number of hydrogen-bond acceptors (Lipinski definition) is 6. The first kappa shape index (κ1) is 31.2. The van der Waals surface area contributed by atoms with Gasteiger partial charge in [0.05, 0.1) is 0 Å². The van der Waals surface area contributed by atoms with Crippen molar-refractivity contribution in [3.63, 3.8) is 0 Å². The van der Waals surface area contributed by atoms with Gasteiger partial charge in [0, 0.05) is 28.2 Å². The van der Waals surface area contributed by atoms with Gasteiger partial charge < -0.3 is 14.6 Å². The second-order valence-corrected chi connectivity index (χ2v) is 12.2. The molecule has 9 nitrogen and oxygen atoms in total. The van der Waals surface area contributed by atoms with Gasteiger partial charge in [0.1, 0.15) is 28.5 Å². The van der Waals surface area contributed by atoms with E-state index in [1.54, 1.807) is 25.5 Å². The zero-order valence-electron chi connectivity index (χ0n) is 21.3. The van der Waals surface area contributed by atoms with E-state index >= 15 is 0 Å². The Morgan fingerprint density at radius 3 is 2.35 bits per heavy atom. The zero-order valence-corrected chi connectivity index (χ0v) is 24.3. The molecule has 0 heterocycles. The summed E-state index contributed by atoms with van der Waals surface area (Å²) in [5, 5.41) is 9.82. The van der Waals surface area contributed by atoms with E-state index in [0.29, 0.717) is 15.2 Å². The van der Waals surface area contributed by atoms with E-state index in [-0.39, 0.29) is 17.9 Å². The van der Waals surface area contributed by atoms with Crippen LogP contribution in [0.4, 0.5) is 18.0 Å². The third kappa shape index (κ3) is 8.56. The maximum Gasteiger partial charge on any atom is 0.422 e. The van der Waals surface area contributed by atoms with Crippen LogP contribution in [0.3, 0.4) is 0 Å². The smallest absolute Gasteiger partial charge is 0.422 e. The average molecular weight is 692 g/mol. The van der Waals surface area contributed by atoms with Gasteiger partial charge in [-0.1, -0.05) is 18.2 Å². The number of amides is 1. The molecule has 40 heavy (non-hydrogen) atoms. The van der Waals surface area contributed by atoms with E-state index in [0.717, 1.165) is 0 Å². The Hall–Kier alpha value is -3.37. The molecular weight excluding hydrogens is 668 g/mol. The number of rotatable bonds is 9. The van der Waals surface area contributed by atoms with Gasteiger partial charge in [-0.3, -0.25) is 0 Å².